The maximum absolute atomic E-state index is 14.9. The van der Waals surface area contributed by atoms with E-state index in [0.29, 0.717) is 43.3 Å². The molecular formula is C26H27ClF5N5O3. The molecule has 216 valence electrons. The van der Waals surface area contributed by atoms with Gasteiger partial charge in [0.05, 0.1) is 23.4 Å². The Labute approximate surface area is 232 Å². The standard InChI is InChI=1S/C26H27ClF5N5O3/c27-17-4-6-19(20(14-17)36-12-10-35(11-13-36)9-7-26(30,31)32)34-24(39)18-5-3-16(22(28)23(18)29)15-33-25(40)37-8-1-2-21(37)38/h3-6,14H,1-2,7-13,15H2,(H,33,40)(H,34,39). The first-order chi connectivity index (χ1) is 18.9. The second kappa shape index (κ2) is 12.4. The van der Waals surface area contributed by atoms with E-state index in [2.05, 4.69) is 10.6 Å². The average molecular weight is 588 g/mol. The number of urea groups is 1. The number of carbonyl (C=O) groups is 3. The number of rotatable bonds is 7. The minimum Gasteiger partial charge on any atom is -0.367 e. The van der Waals surface area contributed by atoms with E-state index in [9.17, 15) is 36.3 Å². The lowest BCUT2D eigenvalue weighted by Crippen LogP contribution is -2.47. The lowest BCUT2D eigenvalue weighted by molar-refractivity contribution is -0.138. The van der Waals surface area contributed by atoms with Crippen molar-refractivity contribution in [2.24, 2.45) is 0 Å². The number of alkyl halides is 3. The number of carbonyl (C=O) groups excluding carboxylic acids is 3. The van der Waals surface area contributed by atoms with E-state index in [1.165, 1.54) is 18.2 Å². The molecule has 2 fully saturated rings. The molecule has 2 aromatic rings. The second-order valence-corrected chi connectivity index (χ2v) is 9.95. The molecule has 2 aliphatic rings. The van der Waals surface area contributed by atoms with Crippen molar-refractivity contribution in [1.82, 2.24) is 15.1 Å². The number of hydrogen-bond donors (Lipinski definition) is 2. The molecule has 2 aliphatic heterocycles. The first-order valence-corrected chi connectivity index (χ1v) is 13.0. The van der Waals surface area contributed by atoms with E-state index in [1.807, 2.05) is 4.90 Å². The van der Waals surface area contributed by atoms with Crippen LogP contribution in [0.3, 0.4) is 0 Å². The number of imide groups is 1. The third kappa shape index (κ3) is 7.19. The zero-order chi connectivity index (χ0) is 29.0. The summed E-state index contributed by atoms with van der Waals surface area (Å²) in [6, 6.07) is 6.14. The van der Waals surface area contributed by atoms with E-state index in [-0.39, 0.29) is 43.2 Å². The predicted octanol–water partition coefficient (Wildman–Crippen LogP) is 4.78. The van der Waals surface area contributed by atoms with Crippen LogP contribution in [0.2, 0.25) is 5.02 Å². The summed E-state index contributed by atoms with van der Waals surface area (Å²) < 4.78 is 67.3. The van der Waals surface area contributed by atoms with Crippen LogP contribution in [-0.4, -0.2) is 73.1 Å². The molecule has 0 aliphatic carbocycles. The van der Waals surface area contributed by atoms with Crippen molar-refractivity contribution in [2.45, 2.75) is 32.0 Å². The minimum absolute atomic E-state index is 0.114. The summed E-state index contributed by atoms with van der Waals surface area (Å²) in [6.07, 6.45) is -4.37. The average Bonchev–Trinajstić information content (AvgIpc) is 3.35. The van der Waals surface area contributed by atoms with Gasteiger partial charge in [-0.2, -0.15) is 13.2 Å². The number of nitrogens with one attached hydrogen (secondary N) is 2. The lowest BCUT2D eigenvalue weighted by Gasteiger charge is -2.37. The third-order valence-corrected chi connectivity index (χ3v) is 7.02. The van der Waals surface area contributed by atoms with Gasteiger partial charge in [-0.25, -0.2) is 13.6 Å². The Morgan fingerprint density at radius 2 is 1.70 bits per heavy atom. The molecule has 0 atom stereocenters. The molecular weight excluding hydrogens is 561 g/mol. The van der Waals surface area contributed by atoms with Crippen LogP contribution >= 0.6 is 11.6 Å². The number of anilines is 2. The van der Waals surface area contributed by atoms with Crippen molar-refractivity contribution in [1.29, 1.82) is 0 Å². The quantitative estimate of drug-likeness (QED) is 0.456. The Hall–Kier alpha value is -3.45. The highest BCUT2D eigenvalue weighted by molar-refractivity contribution is 6.31. The molecule has 0 unspecified atom stereocenters. The first-order valence-electron chi connectivity index (χ1n) is 12.6. The zero-order valence-electron chi connectivity index (χ0n) is 21.3. The largest absolute Gasteiger partial charge is 0.390 e. The molecule has 0 aromatic heterocycles. The highest BCUT2D eigenvalue weighted by Gasteiger charge is 2.30. The molecule has 40 heavy (non-hydrogen) atoms. The Morgan fingerprint density at radius 1 is 0.975 bits per heavy atom. The summed E-state index contributed by atoms with van der Waals surface area (Å²) in [5, 5.41) is 5.30. The smallest absolute Gasteiger partial charge is 0.367 e. The van der Waals surface area contributed by atoms with Crippen molar-refractivity contribution in [3.05, 3.63) is 58.1 Å². The highest BCUT2D eigenvalue weighted by atomic mass is 35.5. The van der Waals surface area contributed by atoms with Crippen LogP contribution < -0.4 is 15.5 Å². The normalized spacial score (nSPS) is 16.4. The summed E-state index contributed by atoms with van der Waals surface area (Å²) in [4.78, 5) is 41.3. The zero-order valence-corrected chi connectivity index (χ0v) is 22.0. The van der Waals surface area contributed by atoms with Crippen molar-refractivity contribution >= 4 is 40.8 Å². The van der Waals surface area contributed by atoms with E-state index >= 15 is 0 Å². The van der Waals surface area contributed by atoms with Gasteiger partial charge in [-0.1, -0.05) is 17.7 Å². The molecule has 2 heterocycles. The van der Waals surface area contributed by atoms with Gasteiger partial charge in [0.2, 0.25) is 5.91 Å². The van der Waals surface area contributed by atoms with Crippen molar-refractivity contribution in [2.75, 3.05) is 49.5 Å². The van der Waals surface area contributed by atoms with Gasteiger partial charge in [0, 0.05) is 62.8 Å². The van der Waals surface area contributed by atoms with Crippen molar-refractivity contribution in [3.8, 4) is 0 Å². The topological polar surface area (TPSA) is 85.0 Å². The Morgan fingerprint density at radius 3 is 2.35 bits per heavy atom. The van der Waals surface area contributed by atoms with E-state index in [1.54, 1.807) is 11.0 Å². The van der Waals surface area contributed by atoms with Gasteiger partial charge in [-0.3, -0.25) is 19.4 Å². The fourth-order valence-electron chi connectivity index (χ4n) is 4.59. The molecule has 2 N–H and O–H groups in total. The highest BCUT2D eigenvalue weighted by Crippen LogP contribution is 2.31. The maximum Gasteiger partial charge on any atom is 0.390 e. The molecule has 0 bridgehead atoms. The molecule has 2 saturated heterocycles. The summed E-state index contributed by atoms with van der Waals surface area (Å²) in [6.45, 7) is 1.21. The monoisotopic (exact) mass is 587 g/mol. The number of hydrogen-bond acceptors (Lipinski definition) is 5. The van der Waals surface area contributed by atoms with Crippen LogP contribution in [0.15, 0.2) is 30.3 Å². The molecule has 4 amide bonds. The number of piperazine rings is 1. The summed E-state index contributed by atoms with van der Waals surface area (Å²) in [5.41, 5.74) is -0.0117. The van der Waals surface area contributed by atoms with Crippen molar-refractivity contribution < 1.29 is 36.3 Å². The van der Waals surface area contributed by atoms with Gasteiger partial charge >= 0.3 is 12.2 Å². The maximum atomic E-state index is 14.9. The summed E-state index contributed by atoms with van der Waals surface area (Å²) in [7, 11) is 0. The van der Waals surface area contributed by atoms with Crippen LogP contribution in [-0.2, 0) is 11.3 Å². The molecule has 0 radical (unpaired) electrons. The number of amides is 4. The van der Waals surface area contributed by atoms with Crippen molar-refractivity contribution in [3.63, 3.8) is 0 Å². The minimum atomic E-state index is -4.24. The van der Waals surface area contributed by atoms with Gasteiger partial charge in [0.25, 0.3) is 5.91 Å². The Bertz CT molecular complexity index is 1280. The Kier molecular flexibility index (Phi) is 9.14. The van der Waals surface area contributed by atoms with Gasteiger partial charge in [-0.05, 0) is 30.7 Å². The van der Waals surface area contributed by atoms with Crippen LogP contribution in [0.1, 0.15) is 35.2 Å². The van der Waals surface area contributed by atoms with Crippen LogP contribution in [0.25, 0.3) is 0 Å². The molecule has 4 rings (SSSR count). The van der Waals surface area contributed by atoms with Gasteiger partial charge in [0.15, 0.2) is 11.6 Å². The van der Waals surface area contributed by atoms with E-state index in [0.717, 1.165) is 11.0 Å². The number of likely N-dealkylation sites (tertiary alicyclic amines) is 1. The first kappa shape index (κ1) is 29.5. The lowest BCUT2D eigenvalue weighted by atomic mass is 10.1. The summed E-state index contributed by atoms with van der Waals surface area (Å²) >= 11 is 6.15. The van der Waals surface area contributed by atoms with Gasteiger partial charge in [-0.15, -0.1) is 0 Å². The SMILES string of the molecule is O=C(Nc1ccc(Cl)cc1N1CCN(CCC(F)(F)F)CC1)c1ccc(CNC(=O)N2CCCC2=O)c(F)c1F. The van der Waals surface area contributed by atoms with Crippen LogP contribution in [0, 0.1) is 11.6 Å². The molecule has 0 saturated carbocycles. The number of nitrogens with zero attached hydrogens (tertiary/aromatic N) is 3. The Balaban J connectivity index is 1.41. The second-order valence-electron chi connectivity index (χ2n) is 9.52. The summed E-state index contributed by atoms with van der Waals surface area (Å²) in [5.74, 6) is -3.99. The number of benzene rings is 2. The van der Waals surface area contributed by atoms with E-state index < -0.39 is 41.7 Å². The fraction of sp³-hybridized carbons (Fsp3) is 0.423. The third-order valence-electron chi connectivity index (χ3n) is 6.79. The fourth-order valence-corrected chi connectivity index (χ4v) is 4.76. The van der Waals surface area contributed by atoms with Crippen LogP contribution in [0.4, 0.5) is 38.1 Å². The van der Waals surface area contributed by atoms with Gasteiger partial charge < -0.3 is 15.5 Å². The molecule has 8 nitrogen and oxygen atoms in total. The van der Waals surface area contributed by atoms with Crippen LogP contribution in [0.5, 0.6) is 0 Å². The number of halogens is 6. The molecule has 2 aromatic carbocycles. The van der Waals surface area contributed by atoms with Gasteiger partial charge in [0.1, 0.15) is 0 Å². The predicted molar refractivity (Wildman–Crippen MR) is 138 cm³/mol. The molecule has 14 heteroatoms. The molecule has 0 spiro atoms. The van der Waals surface area contributed by atoms with E-state index in [4.69, 9.17) is 11.6 Å².